The van der Waals surface area contributed by atoms with Crippen molar-refractivity contribution in [2.45, 2.75) is 38.1 Å². The fourth-order valence-electron chi connectivity index (χ4n) is 2.90. The summed E-state index contributed by atoms with van der Waals surface area (Å²) in [4.78, 5) is 12.1. The lowest BCUT2D eigenvalue weighted by Crippen LogP contribution is -2.32. The van der Waals surface area contributed by atoms with Crippen molar-refractivity contribution in [2.24, 2.45) is 0 Å². The standard InChI is InChI=1S/C17H21N3O4/c1-22-13-8-7-11(9-14(13)23-2)10-15-19-20-17(24-15)16(21)18-12-5-3-4-6-12/h7-9,12H,3-6,10H2,1-2H3,(H,18,21). The molecular weight excluding hydrogens is 310 g/mol. The molecule has 7 heteroatoms. The minimum Gasteiger partial charge on any atom is -0.493 e. The molecule has 0 spiro atoms. The van der Waals surface area contributed by atoms with E-state index in [4.69, 9.17) is 13.9 Å². The van der Waals surface area contributed by atoms with E-state index >= 15 is 0 Å². The fourth-order valence-corrected chi connectivity index (χ4v) is 2.90. The Bertz CT molecular complexity index is 708. The van der Waals surface area contributed by atoms with Gasteiger partial charge < -0.3 is 19.2 Å². The van der Waals surface area contributed by atoms with Gasteiger partial charge in [-0.1, -0.05) is 18.9 Å². The summed E-state index contributed by atoms with van der Waals surface area (Å²) in [6, 6.07) is 5.78. The van der Waals surface area contributed by atoms with E-state index in [-0.39, 0.29) is 17.8 Å². The van der Waals surface area contributed by atoms with E-state index in [1.165, 1.54) is 0 Å². The maximum atomic E-state index is 12.1. The SMILES string of the molecule is COc1ccc(Cc2nnc(C(=O)NC3CCCC3)o2)cc1OC. The molecule has 1 aromatic heterocycles. The van der Waals surface area contributed by atoms with Gasteiger partial charge in [0, 0.05) is 6.04 Å². The van der Waals surface area contributed by atoms with E-state index in [1.807, 2.05) is 18.2 Å². The van der Waals surface area contributed by atoms with E-state index in [2.05, 4.69) is 15.5 Å². The second kappa shape index (κ2) is 7.33. The normalized spacial score (nSPS) is 14.6. The molecule has 128 valence electrons. The van der Waals surface area contributed by atoms with Gasteiger partial charge in [-0.05, 0) is 30.5 Å². The third-order valence-electron chi connectivity index (χ3n) is 4.15. The third kappa shape index (κ3) is 3.67. The first kappa shape index (κ1) is 16.3. The van der Waals surface area contributed by atoms with Crippen LogP contribution in [0.5, 0.6) is 11.5 Å². The molecule has 3 rings (SSSR count). The van der Waals surface area contributed by atoms with E-state index in [1.54, 1.807) is 14.2 Å². The van der Waals surface area contributed by atoms with E-state index in [0.717, 1.165) is 31.2 Å². The number of aromatic nitrogens is 2. The number of rotatable bonds is 6. The number of benzene rings is 1. The minimum atomic E-state index is -0.298. The predicted molar refractivity (Wildman–Crippen MR) is 86.4 cm³/mol. The lowest BCUT2D eigenvalue weighted by Gasteiger charge is -2.09. The summed E-state index contributed by atoms with van der Waals surface area (Å²) in [5.74, 6) is 1.39. The van der Waals surface area contributed by atoms with Crippen LogP contribution in [0.15, 0.2) is 22.6 Å². The molecule has 0 unspecified atom stereocenters. The largest absolute Gasteiger partial charge is 0.493 e. The zero-order valence-corrected chi connectivity index (χ0v) is 13.9. The Morgan fingerprint density at radius 3 is 2.67 bits per heavy atom. The van der Waals surface area contributed by atoms with Crippen LogP contribution in [0.3, 0.4) is 0 Å². The van der Waals surface area contributed by atoms with Crippen LogP contribution in [0, 0.1) is 0 Å². The lowest BCUT2D eigenvalue weighted by molar-refractivity contribution is 0.0901. The van der Waals surface area contributed by atoms with Crippen LogP contribution < -0.4 is 14.8 Å². The van der Waals surface area contributed by atoms with Gasteiger partial charge in [-0.3, -0.25) is 4.79 Å². The highest BCUT2D eigenvalue weighted by atomic mass is 16.5. The van der Waals surface area contributed by atoms with Gasteiger partial charge in [0.2, 0.25) is 5.89 Å². The van der Waals surface area contributed by atoms with Crippen molar-refractivity contribution in [1.82, 2.24) is 15.5 Å². The molecule has 1 aromatic carbocycles. The Hall–Kier alpha value is -2.57. The highest BCUT2D eigenvalue weighted by molar-refractivity contribution is 5.89. The van der Waals surface area contributed by atoms with Gasteiger partial charge in [-0.2, -0.15) is 0 Å². The number of carbonyl (C=O) groups excluding carboxylic acids is 1. The zero-order chi connectivity index (χ0) is 16.9. The number of methoxy groups -OCH3 is 2. The van der Waals surface area contributed by atoms with Crippen molar-refractivity contribution in [1.29, 1.82) is 0 Å². The van der Waals surface area contributed by atoms with Gasteiger partial charge in [0.05, 0.1) is 20.6 Å². The van der Waals surface area contributed by atoms with Crippen molar-refractivity contribution < 1.29 is 18.7 Å². The first-order chi connectivity index (χ1) is 11.7. The van der Waals surface area contributed by atoms with Crippen LogP contribution in [0.25, 0.3) is 0 Å². The molecule has 7 nitrogen and oxygen atoms in total. The summed E-state index contributed by atoms with van der Waals surface area (Å²) in [5.41, 5.74) is 0.930. The van der Waals surface area contributed by atoms with Crippen LogP contribution in [0.2, 0.25) is 0 Å². The van der Waals surface area contributed by atoms with Gasteiger partial charge in [0.25, 0.3) is 0 Å². The first-order valence-corrected chi connectivity index (χ1v) is 8.03. The molecular formula is C17H21N3O4. The molecule has 1 amide bonds. The van der Waals surface area contributed by atoms with Crippen molar-refractivity contribution in [2.75, 3.05) is 14.2 Å². The molecule has 0 bridgehead atoms. The first-order valence-electron chi connectivity index (χ1n) is 8.03. The van der Waals surface area contributed by atoms with Gasteiger partial charge in [-0.25, -0.2) is 0 Å². The molecule has 1 N–H and O–H groups in total. The maximum Gasteiger partial charge on any atom is 0.309 e. The summed E-state index contributed by atoms with van der Waals surface area (Å²) in [5, 5.41) is 10.7. The lowest BCUT2D eigenvalue weighted by atomic mass is 10.1. The second-order valence-electron chi connectivity index (χ2n) is 5.82. The molecule has 1 aliphatic rings. The van der Waals surface area contributed by atoms with Crippen molar-refractivity contribution >= 4 is 5.91 Å². The molecule has 0 atom stereocenters. The number of amides is 1. The Labute approximate surface area is 140 Å². The molecule has 1 fully saturated rings. The van der Waals surface area contributed by atoms with Crippen LogP contribution in [0.4, 0.5) is 0 Å². The van der Waals surface area contributed by atoms with E-state index < -0.39 is 0 Å². The number of hydrogen-bond acceptors (Lipinski definition) is 6. The third-order valence-corrected chi connectivity index (χ3v) is 4.15. The Morgan fingerprint density at radius 2 is 1.96 bits per heavy atom. The number of hydrogen-bond donors (Lipinski definition) is 1. The highest BCUT2D eigenvalue weighted by Crippen LogP contribution is 2.28. The number of nitrogens with one attached hydrogen (secondary N) is 1. The van der Waals surface area contributed by atoms with Gasteiger partial charge in [-0.15, -0.1) is 10.2 Å². The maximum absolute atomic E-state index is 12.1. The summed E-state index contributed by atoms with van der Waals surface area (Å²) >= 11 is 0. The highest BCUT2D eigenvalue weighted by Gasteiger charge is 2.21. The topological polar surface area (TPSA) is 86.5 Å². The number of nitrogens with zero attached hydrogens (tertiary/aromatic N) is 2. The summed E-state index contributed by atoms with van der Waals surface area (Å²) < 4.78 is 16.0. The van der Waals surface area contributed by atoms with Gasteiger partial charge in [0.1, 0.15) is 0 Å². The number of ether oxygens (including phenoxy) is 2. The monoisotopic (exact) mass is 331 g/mol. The van der Waals surface area contributed by atoms with Gasteiger partial charge in [0.15, 0.2) is 11.5 Å². The summed E-state index contributed by atoms with van der Waals surface area (Å²) in [7, 11) is 3.17. The molecule has 24 heavy (non-hydrogen) atoms. The van der Waals surface area contributed by atoms with Crippen molar-refractivity contribution in [3.8, 4) is 11.5 Å². The zero-order valence-electron chi connectivity index (χ0n) is 13.9. The summed E-state index contributed by atoms with van der Waals surface area (Å²) in [6.07, 6.45) is 4.75. The van der Waals surface area contributed by atoms with Crippen LogP contribution in [-0.4, -0.2) is 36.4 Å². The van der Waals surface area contributed by atoms with Crippen LogP contribution >= 0.6 is 0 Å². The quantitative estimate of drug-likeness (QED) is 0.874. The Morgan fingerprint density at radius 1 is 1.21 bits per heavy atom. The molecule has 0 radical (unpaired) electrons. The fraction of sp³-hybridized carbons (Fsp3) is 0.471. The summed E-state index contributed by atoms with van der Waals surface area (Å²) in [6.45, 7) is 0. The van der Waals surface area contributed by atoms with Crippen molar-refractivity contribution in [3.05, 3.63) is 35.5 Å². The Balaban J connectivity index is 1.66. The average molecular weight is 331 g/mol. The molecule has 0 aliphatic heterocycles. The van der Waals surface area contributed by atoms with E-state index in [0.29, 0.717) is 23.8 Å². The van der Waals surface area contributed by atoms with Gasteiger partial charge >= 0.3 is 11.8 Å². The predicted octanol–water partition coefficient (Wildman–Crippen LogP) is 2.35. The van der Waals surface area contributed by atoms with E-state index in [9.17, 15) is 4.79 Å². The second-order valence-corrected chi connectivity index (χ2v) is 5.82. The molecule has 1 heterocycles. The Kier molecular flexibility index (Phi) is 4.98. The average Bonchev–Trinajstić information content (AvgIpc) is 3.26. The minimum absolute atomic E-state index is 0.0115. The number of carbonyl (C=O) groups is 1. The smallest absolute Gasteiger partial charge is 0.309 e. The molecule has 1 aliphatic carbocycles. The van der Waals surface area contributed by atoms with Crippen LogP contribution in [0.1, 0.15) is 47.8 Å². The molecule has 1 saturated carbocycles. The molecule has 2 aromatic rings. The molecule has 0 saturated heterocycles. The van der Waals surface area contributed by atoms with Crippen LogP contribution in [-0.2, 0) is 6.42 Å². The van der Waals surface area contributed by atoms with Crippen molar-refractivity contribution in [3.63, 3.8) is 0 Å².